The maximum absolute atomic E-state index is 13.2. The summed E-state index contributed by atoms with van der Waals surface area (Å²) in [6, 6.07) is 4.85. The fourth-order valence-corrected chi connectivity index (χ4v) is 2.58. The molecule has 19 heavy (non-hydrogen) atoms. The van der Waals surface area contributed by atoms with Gasteiger partial charge in [-0.2, -0.15) is 0 Å². The van der Waals surface area contributed by atoms with Gasteiger partial charge in [0, 0.05) is 26.6 Å². The minimum atomic E-state index is -0.207. The van der Waals surface area contributed by atoms with Crippen LogP contribution in [0.15, 0.2) is 18.2 Å². The summed E-state index contributed by atoms with van der Waals surface area (Å²) in [5.41, 5.74) is 2.09. The number of carbonyl (C=O) groups excluding carboxylic acids is 1. The lowest BCUT2D eigenvalue weighted by atomic mass is 9.95. The first-order valence-electron chi connectivity index (χ1n) is 6.62. The number of rotatable bonds is 5. The van der Waals surface area contributed by atoms with Gasteiger partial charge in [-0.25, -0.2) is 4.39 Å². The molecule has 0 N–H and O–H groups in total. The van der Waals surface area contributed by atoms with Crippen LogP contribution in [0, 0.1) is 18.7 Å². The third kappa shape index (κ3) is 3.53. The summed E-state index contributed by atoms with van der Waals surface area (Å²) in [4.78, 5) is 13.7. The molecule has 0 aliphatic carbocycles. The standard InChI is InChI=1S/C15H20FNO2/c1-11-3-4-14(16)9-13(11)7-12-8-15(18)17(10-12)5-6-19-2/h3-4,9,12H,5-8,10H2,1-2H3/t12-/m0/s1. The van der Waals surface area contributed by atoms with E-state index in [2.05, 4.69) is 0 Å². The van der Waals surface area contributed by atoms with Crippen molar-refractivity contribution in [3.05, 3.63) is 35.1 Å². The zero-order valence-corrected chi connectivity index (χ0v) is 11.5. The second-order valence-corrected chi connectivity index (χ2v) is 5.18. The van der Waals surface area contributed by atoms with E-state index in [-0.39, 0.29) is 17.6 Å². The van der Waals surface area contributed by atoms with Crippen molar-refractivity contribution in [1.82, 2.24) is 4.90 Å². The predicted octanol–water partition coefficient (Wildman–Crippen LogP) is 2.17. The van der Waals surface area contributed by atoms with Crippen LogP contribution in [0.5, 0.6) is 0 Å². The molecule has 0 radical (unpaired) electrons. The highest BCUT2D eigenvalue weighted by molar-refractivity contribution is 5.78. The zero-order chi connectivity index (χ0) is 13.8. The van der Waals surface area contributed by atoms with Gasteiger partial charge in [0.1, 0.15) is 5.82 Å². The van der Waals surface area contributed by atoms with Gasteiger partial charge in [-0.1, -0.05) is 6.07 Å². The highest BCUT2D eigenvalue weighted by atomic mass is 19.1. The molecule has 1 fully saturated rings. The highest BCUT2D eigenvalue weighted by Crippen LogP contribution is 2.23. The van der Waals surface area contributed by atoms with E-state index >= 15 is 0 Å². The molecule has 104 valence electrons. The van der Waals surface area contributed by atoms with Crippen LogP contribution in [0.1, 0.15) is 17.5 Å². The Balaban J connectivity index is 1.97. The number of halogens is 1. The Morgan fingerprint density at radius 1 is 1.47 bits per heavy atom. The molecule has 4 heteroatoms. The fourth-order valence-electron chi connectivity index (χ4n) is 2.58. The average molecular weight is 265 g/mol. The van der Waals surface area contributed by atoms with E-state index in [0.717, 1.165) is 24.1 Å². The minimum absolute atomic E-state index is 0.177. The number of aryl methyl sites for hydroxylation is 1. The molecule has 1 atom stereocenters. The molecular formula is C15H20FNO2. The van der Waals surface area contributed by atoms with Gasteiger partial charge in [-0.3, -0.25) is 4.79 Å². The first-order valence-corrected chi connectivity index (χ1v) is 6.62. The second-order valence-electron chi connectivity index (χ2n) is 5.18. The number of nitrogens with zero attached hydrogens (tertiary/aromatic N) is 1. The third-order valence-corrected chi connectivity index (χ3v) is 3.68. The summed E-state index contributed by atoms with van der Waals surface area (Å²) < 4.78 is 18.2. The van der Waals surface area contributed by atoms with Crippen molar-refractivity contribution in [3.8, 4) is 0 Å². The Bertz CT molecular complexity index is 461. The molecule has 1 aromatic carbocycles. The smallest absolute Gasteiger partial charge is 0.223 e. The van der Waals surface area contributed by atoms with Crippen LogP contribution < -0.4 is 0 Å². The van der Waals surface area contributed by atoms with Crippen molar-refractivity contribution in [3.63, 3.8) is 0 Å². The van der Waals surface area contributed by atoms with Crippen LogP contribution in [0.4, 0.5) is 4.39 Å². The summed E-state index contributed by atoms with van der Waals surface area (Å²) in [5, 5.41) is 0. The summed E-state index contributed by atoms with van der Waals surface area (Å²) in [6.07, 6.45) is 1.32. The van der Waals surface area contributed by atoms with Crippen LogP contribution in [-0.2, 0) is 16.0 Å². The van der Waals surface area contributed by atoms with Gasteiger partial charge < -0.3 is 9.64 Å². The monoisotopic (exact) mass is 265 g/mol. The molecule has 1 heterocycles. The van der Waals surface area contributed by atoms with Crippen molar-refractivity contribution in [2.45, 2.75) is 19.8 Å². The summed E-state index contributed by atoms with van der Waals surface area (Å²) in [7, 11) is 1.63. The Labute approximate surface area is 113 Å². The number of amides is 1. The number of hydrogen-bond acceptors (Lipinski definition) is 2. The SMILES string of the molecule is COCCN1C[C@@H](Cc2cc(F)ccc2C)CC1=O. The van der Waals surface area contributed by atoms with Crippen molar-refractivity contribution < 1.29 is 13.9 Å². The van der Waals surface area contributed by atoms with Crippen molar-refractivity contribution in [2.24, 2.45) is 5.92 Å². The molecule has 1 saturated heterocycles. The van der Waals surface area contributed by atoms with E-state index in [1.165, 1.54) is 6.07 Å². The van der Waals surface area contributed by atoms with Crippen molar-refractivity contribution >= 4 is 5.91 Å². The van der Waals surface area contributed by atoms with Gasteiger partial charge >= 0.3 is 0 Å². The number of methoxy groups -OCH3 is 1. The lowest BCUT2D eigenvalue weighted by Crippen LogP contribution is -2.28. The Morgan fingerprint density at radius 3 is 3.00 bits per heavy atom. The first kappa shape index (κ1) is 14.0. The van der Waals surface area contributed by atoms with Gasteiger partial charge in [0.15, 0.2) is 0 Å². The largest absolute Gasteiger partial charge is 0.383 e. The van der Waals surface area contributed by atoms with E-state index in [9.17, 15) is 9.18 Å². The van der Waals surface area contributed by atoms with Gasteiger partial charge in [-0.05, 0) is 42.5 Å². The maximum Gasteiger partial charge on any atom is 0.223 e. The zero-order valence-electron chi connectivity index (χ0n) is 11.5. The molecule has 0 unspecified atom stereocenters. The number of benzene rings is 1. The molecule has 0 aromatic heterocycles. The summed E-state index contributed by atoms with van der Waals surface area (Å²) in [5.74, 6) is 0.252. The minimum Gasteiger partial charge on any atom is -0.383 e. The molecule has 0 spiro atoms. The molecule has 1 aromatic rings. The topological polar surface area (TPSA) is 29.5 Å². The lowest BCUT2D eigenvalue weighted by molar-refractivity contribution is -0.128. The normalized spacial score (nSPS) is 19.2. The highest BCUT2D eigenvalue weighted by Gasteiger charge is 2.29. The molecule has 1 amide bonds. The van der Waals surface area contributed by atoms with Crippen molar-refractivity contribution in [1.29, 1.82) is 0 Å². The van der Waals surface area contributed by atoms with Crippen LogP contribution >= 0.6 is 0 Å². The molecule has 0 bridgehead atoms. The van der Waals surface area contributed by atoms with E-state index < -0.39 is 0 Å². The number of carbonyl (C=O) groups is 1. The second kappa shape index (κ2) is 6.15. The van der Waals surface area contributed by atoms with Crippen LogP contribution in [-0.4, -0.2) is 37.6 Å². The maximum atomic E-state index is 13.2. The molecule has 0 saturated carbocycles. The quantitative estimate of drug-likeness (QED) is 0.816. The number of hydrogen-bond donors (Lipinski definition) is 0. The van der Waals surface area contributed by atoms with E-state index in [0.29, 0.717) is 19.6 Å². The van der Waals surface area contributed by atoms with E-state index in [4.69, 9.17) is 4.74 Å². The molecule has 1 aliphatic rings. The summed E-state index contributed by atoms with van der Waals surface area (Å²) in [6.45, 7) is 3.94. The lowest BCUT2D eigenvalue weighted by Gasteiger charge is -2.16. The van der Waals surface area contributed by atoms with Gasteiger partial charge in [-0.15, -0.1) is 0 Å². The third-order valence-electron chi connectivity index (χ3n) is 3.68. The Morgan fingerprint density at radius 2 is 2.26 bits per heavy atom. The first-order chi connectivity index (χ1) is 9.10. The van der Waals surface area contributed by atoms with Gasteiger partial charge in [0.25, 0.3) is 0 Å². The van der Waals surface area contributed by atoms with Crippen molar-refractivity contribution in [2.75, 3.05) is 26.8 Å². The van der Waals surface area contributed by atoms with Crippen LogP contribution in [0.2, 0.25) is 0 Å². The number of likely N-dealkylation sites (tertiary alicyclic amines) is 1. The van der Waals surface area contributed by atoms with Crippen LogP contribution in [0.3, 0.4) is 0 Å². The van der Waals surface area contributed by atoms with E-state index in [1.807, 2.05) is 11.8 Å². The molecule has 1 aliphatic heterocycles. The van der Waals surface area contributed by atoms with Crippen LogP contribution in [0.25, 0.3) is 0 Å². The Hall–Kier alpha value is -1.42. The number of ether oxygens (including phenoxy) is 1. The summed E-state index contributed by atoms with van der Waals surface area (Å²) >= 11 is 0. The molecule has 3 nitrogen and oxygen atoms in total. The fraction of sp³-hybridized carbons (Fsp3) is 0.533. The van der Waals surface area contributed by atoms with Gasteiger partial charge in [0.2, 0.25) is 5.91 Å². The molecule has 2 rings (SSSR count). The van der Waals surface area contributed by atoms with Gasteiger partial charge in [0.05, 0.1) is 6.61 Å². The van der Waals surface area contributed by atoms with E-state index in [1.54, 1.807) is 19.2 Å². The predicted molar refractivity (Wildman–Crippen MR) is 71.4 cm³/mol. The average Bonchev–Trinajstić information content (AvgIpc) is 2.72. The Kier molecular flexibility index (Phi) is 4.53. The molecular weight excluding hydrogens is 245 g/mol.